The summed E-state index contributed by atoms with van der Waals surface area (Å²) in [6.07, 6.45) is 0.625. The van der Waals surface area contributed by atoms with Crippen LogP contribution in [0.15, 0.2) is 47.5 Å². The average molecular weight is 349 g/mol. The van der Waals surface area contributed by atoms with E-state index in [-0.39, 0.29) is 12.0 Å². The van der Waals surface area contributed by atoms with E-state index in [0.29, 0.717) is 19.0 Å². The summed E-state index contributed by atoms with van der Waals surface area (Å²) in [6, 6.07) is 13.9. The Kier molecular flexibility index (Phi) is 4.20. The van der Waals surface area contributed by atoms with Crippen molar-refractivity contribution in [3.63, 3.8) is 0 Å². The van der Waals surface area contributed by atoms with Gasteiger partial charge in [-0.15, -0.1) is 0 Å². The summed E-state index contributed by atoms with van der Waals surface area (Å²) in [5.41, 5.74) is 1.69. The Morgan fingerprint density at radius 1 is 1.15 bits per heavy atom. The molecule has 2 atom stereocenters. The van der Waals surface area contributed by atoms with Gasteiger partial charge >= 0.3 is 5.97 Å². The van der Waals surface area contributed by atoms with Gasteiger partial charge in [0.2, 0.25) is 0 Å². The minimum Gasteiger partial charge on any atom is -0.465 e. The molecule has 3 aromatic rings. The number of rotatable bonds is 4. The Bertz CT molecular complexity index is 994. The molecule has 0 aliphatic carbocycles. The van der Waals surface area contributed by atoms with E-state index in [4.69, 9.17) is 4.74 Å². The van der Waals surface area contributed by atoms with Gasteiger partial charge in [-0.2, -0.15) is 0 Å². The van der Waals surface area contributed by atoms with Gasteiger partial charge in [0.05, 0.1) is 6.61 Å². The zero-order valence-electron chi connectivity index (χ0n) is 14.7. The van der Waals surface area contributed by atoms with E-state index in [2.05, 4.69) is 38.7 Å². The molecule has 1 aliphatic rings. The Morgan fingerprint density at radius 3 is 2.73 bits per heavy atom. The van der Waals surface area contributed by atoms with Crippen molar-refractivity contribution in [1.82, 2.24) is 20.2 Å². The molecule has 2 heterocycles. The van der Waals surface area contributed by atoms with Gasteiger partial charge in [-0.1, -0.05) is 48.4 Å². The first kappa shape index (κ1) is 16.4. The molecule has 0 bridgehead atoms. The Morgan fingerprint density at radius 2 is 1.96 bits per heavy atom. The zero-order valence-corrected chi connectivity index (χ0v) is 14.7. The molecule has 0 saturated carbocycles. The van der Waals surface area contributed by atoms with Gasteiger partial charge in [-0.3, -0.25) is 4.79 Å². The number of nitrogens with zero attached hydrogens (tertiary/aromatic N) is 5. The number of esters is 1. The Balaban J connectivity index is 1.88. The van der Waals surface area contributed by atoms with Crippen molar-refractivity contribution in [2.24, 2.45) is 10.9 Å². The lowest BCUT2D eigenvalue weighted by Gasteiger charge is -2.30. The van der Waals surface area contributed by atoms with Gasteiger partial charge in [0.1, 0.15) is 12.0 Å². The highest BCUT2D eigenvalue weighted by Gasteiger charge is 2.41. The van der Waals surface area contributed by atoms with Crippen molar-refractivity contribution in [2.45, 2.75) is 26.3 Å². The van der Waals surface area contributed by atoms with Crippen LogP contribution < -0.4 is 0 Å². The molecule has 0 saturated heterocycles. The monoisotopic (exact) mass is 349 g/mol. The molecular formula is C19H19N5O2. The Labute approximate surface area is 150 Å². The van der Waals surface area contributed by atoms with Crippen LogP contribution in [0.2, 0.25) is 0 Å². The second kappa shape index (κ2) is 6.67. The fourth-order valence-corrected chi connectivity index (χ4v) is 3.49. The maximum absolute atomic E-state index is 12.8. The van der Waals surface area contributed by atoms with Crippen LogP contribution in [0.1, 0.15) is 31.9 Å². The summed E-state index contributed by atoms with van der Waals surface area (Å²) in [5, 5.41) is 14.1. The number of carbonyl (C=O) groups is 1. The van der Waals surface area contributed by atoms with Crippen LogP contribution in [-0.4, -0.2) is 38.5 Å². The second-order valence-electron chi connectivity index (χ2n) is 6.16. The molecule has 1 aromatic heterocycles. The van der Waals surface area contributed by atoms with E-state index < -0.39 is 5.92 Å². The van der Waals surface area contributed by atoms with Crippen molar-refractivity contribution in [1.29, 1.82) is 0 Å². The molecule has 2 unspecified atom stereocenters. The number of tetrazole rings is 1. The van der Waals surface area contributed by atoms with E-state index in [1.54, 1.807) is 11.6 Å². The van der Waals surface area contributed by atoms with E-state index in [1.807, 2.05) is 31.2 Å². The standard InChI is InChI=1S/C19H19N5O2/c1-3-15-16(18(25)26-4-2)17(24-19(20-15)21-22-23-24)14-10-9-12-7-5-6-8-13(12)11-14/h5-11,16-17H,3-4H2,1-2H3. The number of benzene rings is 2. The van der Waals surface area contributed by atoms with Gasteiger partial charge in [0.15, 0.2) is 0 Å². The molecular weight excluding hydrogens is 330 g/mol. The number of fused-ring (bicyclic) bond motifs is 2. The predicted molar refractivity (Wildman–Crippen MR) is 97.4 cm³/mol. The lowest BCUT2D eigenvalue weighted by molar-refractivity contribution is -0.146. The molecule has 7 nitrogen and oxygen atoms in total. The molecule has 2 aromatic carbocycles. The maximum Gasteiger partial charge on any atom is 0.317 e. The number of aromatic nitrogens is 4. The highest BCUT2D eigenvalue weighted by atomic mass is 16.5. The largest absolute Gasteiger partial charge is 0.465 e. The smallest absolute Gasteiger partial charge is 0.317 e. The average Bonchev–Trinajstić information content (AvgIpc) is 3.14. The summed E-state index contributed by atoms with van der Waals surface area (Å²) >= 11 is 0. The van der Waals surface area contributed by atoms with Crippen molar-refractivity contribution in [3.05, 3.63) is 48.0 Å². The molecule has 0 radical (unpaired) electrons. The first-order chi connectivity index (χ1) is 12.7. The van der Waals surface area contributed by atoms with Crippen molar-refractivity contribution in [3.8, 4) is 0 Å². The van der Waals surface area contributed by atoms with Crippen molar-refractivity contribution < 1.29 is 9.53 Å². The highest BCUT2D eigenvalue weighted by Crippen LogP contribution is 2.37. The van der Waals surface area contributed by atoms with Crippen LogP contribution in [0.3, 0.4) is 0 Å². The molecule has 132 valence electrons. The third-order valence-corrected chi connectivity index (χ3v) is 4.68. The van der Waals surface area contributed by atoms with Crippen LogP contribution in [0, 0.1) is 5.92 Å². The van der Waals surface area contributed by atoms with Gasteiger partial charge in [-0.25, -0.2) is 9.67 Å². The fraction of sp³-hybridized carbons (Fsp3) is 0.316. The van der Waals surface area contributed by atoms with Gasteiger partial charge < -0.3 is 4.74 Å². The van der Waals surface area contributed by atoms with Crippen LogP contribution in [0.5, 0.6) is 0 Å². The minimum atomic E-state index is -0.544. The number of ether oxygens (including phenoxy) is 1. The zero-order chi connectivity index (χ0) is 18.1. The summed E-state index contributed by atoms with van der Waals surface area (Å²) < 4.78 is 6.96. The summed E-state index contributed by atoms with van der Waals surface area (Å²) in [6.45, 7) is 4.10. The lowest BCUT2D eigenvalue weighted by atomic mass is 9.86. The second-order valence-corrected chi connectivity index (χ2v) is 6.16. The van der Waals surface area contributed by atoms with Crippen LogP contribution in [0.4, 0.5) is 5.95 Å². The third-order valence-electron chi connectivity index (χ3n) is 4.68. The van der Waals surface area contributed by atoms with Crippen LogP contribution in [0.25, 0.3) is 10.8 Å². The van der Waals surface area contributed by atoms with Crippen LogP contribution in [-0.2, 0) is 9.53 Å². The van der Waals surface area contributed by atoms with Crippen molar-refractivity contribution in [2.75, 3.05) is 6.61 Å². The molecule has 0 spiro atoms. The predicted octanol–water partition coefficient (Wildman–Crippen LogP) is 3.09. The summed E-state index contributed by atoms with van der Waals surface area (Å²) in [4.78, 5) is 17.3. The van der Waals surface area contributed by atoms with Gasteiger partial charge in [0.25, 0.3) is 5.95 Å². The molecule has 26 heavy (non-hydrogen) atoms. The van der Waals surface area contributed by atoms with Crippen molar-refractivity contribution >= 4 is 28.4 Å². The lowest BCUT2D eigenvalue weighted by Crippen LogP contribution is -2.38. The van der Waals surface area contributed by atoms with E-state index in [1.165, 1.54) is 0 Å². The molecule has 7 heteroatoms. The van der Waals surface area contributed by atoms with Gasteiger partial charge in [-0.05, 0) is 46.2 Å². The van der Waals surface area contributed by atoms with Crippen LogP contribution >= 0.6 is 0 Å². The molecule has 1 aliphatic heterocycles. The molecule has 0 fully saturated rings. The quantitative estimate of drug-likeness (QED) is 0.676. The van der Waals surface area contributed by atoms with E-state index in [0.717, 1.165) is 22.0 Å². The maximum atomic E-state index is 12.8. The van der Waals surface area contributed by atoms with E-state index in [9.17, 15) is 4.79 Å². The molecule has 4 rings (SSSR count). The van der Waals surface area contributed by atoms with E-state index >= 15 is 0 Å². The first-order valence-corrected chi connectivity index (χ1v) is 8.73. The molecule has 0 amide bonds. The number of hydrogen-bond donors (Lipinski definition) is 0. The fourth-order valence-electron chi connectivity index (χ4n) is 3.49. The first-order valence-electron chi connectivity index (χ1n) is 8.73. The van der Waals surface area contributed by atoms with Gasteiger partial charge in [0, 0.05) is 5.71 Å². The summed E-state index contributed by atoms with van der Waals surface area (Å²) in [5.74, 6) is -0.426. The molecule has 0 N–H and O–H groups in total. The summed E-state index contributed by atoms with van der Waals surface area (Å²) in [7, 11) is 0. The number of hydrogen-bond acceptors (Lipinski definition) is 6. The Hall–Kier alpha value is -3.09. The highest BCUT2D eigenvalue weighted by molar-refractivity contribution is 6.04. The number of aliphatic imine (C=N–C) groups is 1. The minimum absolute atomic E-state index is 0.299. The number of carbonyl (C=O) groups excluding carboxylic acids is 1. The normalized spacial score (nSPS) is 19.1. The SMILES string of the molecule is CCOC(=O)C1C(CC)=Nc2nnnn2C1c1ccc2ccccc2c1. The third kappa shape index (κ3) is 2.65. The topological polar surface area (TPSA) is 82.3 Å².